The second-order valence-corrected chi connectivity index (χ2v) is 3.23. The average Bonchev–Trinajstić information content (AvgIpc) is 2.80. The third-order valence-corrected chi connectivity index (χ3v) is 2.17. The Bertz CT molecular complexity index is 535. The van der Waals surface area contributed by atoms with E-state index < -0.39 is 10.9 Å². The first-order valence-corrected chi connectivity index (χ1v) is 4.96. The van der Waals surface area contributed by atoms with Crippen molar-refractivity contribution in [3.8, 4) is 5.75 Å². The molecule has 0 atom stereocenters. The molecular weight excluding hydrogens is 210 g/mol. The summed E-state index contributed by atoms with van der Waals surface area (Å²) in [5.41, 5.74) is -0.859. The summed E-state index contributed by atoms with van der Waals surface area (Å²) >= 11 is 0. The standard InChI is InChI=1S/C11H11NO4/c1-2-15-11-8(9(13)10(11)14)12-6-7-4-3-5-16-7/h3-5,12H,2,6H2,1H3. The average molecular weight is 221 g/mol. The zero-order chi connectivity index (χ0) is 11.5. The maximum Gasteiger partial charge on any atom is 0.272 e. The molecule has 0 aliphatic carbocycles. The molecule has 0 bridgehead atoms. The molecule has 1 heterocycles. The molecule has 2 aromatic rings. The van der Waals surface area contributed by atoms with E-state index in [1.165, 1.54) is 0 Å². The summed E-state index contributed by atoms with van der Waals surface area (Å²) in [6, 6.07) is 3.53. The van der Waals surface area contributed by atoms with Gasteiger partial charge in [-0.3, -0.25) is 9.59 Å². The number of nitrogens with one attached hydrogen (secondary N) is 1. The minimum absolute atomic E-state index is 0.124. The molecule has 0 saturated heterocycles. The highest BCUT2D eigenvalue weighted by Gasteiger charge is 2.21. The maximum absolute atomic E-state index is 11.2. The van der Waals surface area contributed by atoms with Crippen molar-refractivity contribution in [3.63, 3.8) is 0 Å². The number of hydrogen-bond donors (Lipinski definition) is 1. The molecular formula is C11H11NO4. The topological polar surface area (TPSA) is 68.5 Å². The third-order valence-electron chi connectivity index (χ3n) is 2.17. The zero-order valence-electron chi connectivity index (χ0n) is 8.78. The molecule has 0 radical (unpaired) electrons. The Labute approximate surface area is 91.3 Å². The first-order chi connectivity index (χ1) is 7.74. The van der Waals surface area contributed by atoms with Crippen molar-refractivity contribution in [2.45, 2.75) is 13.5 Å². The van der Waals surface area contributed by atoms with Gasteiger partial charge in [0, 0.05) is 0 Å². The molecule has 84 valence electrons. The molecule has 0 aliphatic heterocycles. The number of ether oxygens (including phenoxy) is 1. The Morgan fingerprint density at radius 2 is 2.19 bits per heavy atom. The minimum atomic E-state index is -0.566. The summed E-state index contributed by atoms with van der Waals surface area (Å²) in [7, 11) is 0. The molecule has 5 nitrogen and oxygen atoms in total. The molecule has 2 rings (SSSR count). The molecule has 0 spiro atoms. The van der Waals surface area contributed by atoms with Crippen molar-refractivity contribution in [1.29, 1.82) is 0 Å². The van der Waals surface area contributed by atoms with Gasteiger partial charge >= 0.3 is 0 Å². The summed E-state index contributed by atoms with van der Waals surface area (Å²) in [6.07, 6.45) is 1.54. The van der Waals surface area contributed by atoms with Crippen LogP contribution in [0.5, 0.6) is 5.75 Å². The highest BCUT2D eigenvalue weighted by Crippen LogP contribution is 2.18. The van der Waals surface area contributed by atoms with Crippen molar-refractivity contribution in [3.05, 3.63) is 44.6 Å². The Kier molecular flexibility index (Phi) is 2.76. The van der Waals surface area contributed by atoms with E-state index >= 15 is 0 Å². The molecule has 0 saturated carbocycles. The lowest BCUT2D eigenvalue weighted by atomic mass is 10.2. The number of furan rings is 1. The Morgan fingerprint density at radius 1 is 1.38 bits per heavy atom. The van der Waals surface area contributed by atoms with Gasteiger partial charge in [0.25, 0.3) is 10.9 Å². The number of rotatable bonds is 5. The largest absolute Gasteiger partial charge is 0.488 e. The smallest absolute Gasteiger partial charge is 0.272 e. The van der Waals surface area contributed by atoms with Crippen molar-refractivity contribution < 1.29 is 9.15 Å². The summed E-state index contributed by atoms with van der Waals surface area (Å²) in [6.45, 7) is 2.48. The van der Waals surface area contributed by atoms with Crippen LogP contribution in [0.15, 0.2) is 32.4 Å². The quantitative estimate of drug-likeness (QED) is 0.759. The van der Waals surface area contributed by atoms with Crippen molar-refractivity contribution >= 4 is 5.69 Å². The highest BCUT2D eigenvalue weighted by molar-refractivity contribution is 5.61. The van der Waals surface area contributed by atoms with Crippen LogP contribution >= 0.6 is 0 Å². The lowest BCUT2D eigenvalue weighted by molar-refractivity contribution is 0.334. The fraction of sp³-hybridized carbons (Fsp3) is 0.273. The van der Waals surface area contributed by atoms with Gasteiger partial charge in [-0.15, -0.1) is 0 Å². The zero-order valence-corrected chi connectivity index (χ0v) is 8.78. The van der Waals surface area contributed by atoms with E-state index in [9.17, 15) is 9.59 Å². The Hall–Kier alpha value is -2.04. The Balaban J connectivity index is 2.07. The minimum Gasteiger partial charge on any atom is -0.488 e. The van der Waals surface area contributed by atoms with E-state index in [0.717, 1.165) is 0 Å². The molecule has 1 aromatic carbocycles. The van der Waals surface area contributed by atoms with Gasteiger partial charge in [0.2, 0.25) is 0 Å². The molecule has 5 heteroatoms. The predicted molar refractivity (Wildman–Crippen MR) is 58.6 cm³/mol. The molecule has 1 N–H and O–H groups in total. The number of anilines is 1. The van der Waals surface area contributed by atoms with Gasteiger partial charge in [0.15, 0.2) is 5.75 Å². The maximum atomic E-state index is 11.2. The van der Waals surface area contributed by atoms with Gasteiger partial charge in [-0.25, -0.2) is 0 Å². The van der Waals surface area contributed by atoms with Crippen LogP contribution in [0.3, 0.4) is 0 Å². The molecule has 0 amide bonds. The van der Waals surface area contributed by atoms with Crippen LogP contribution in [0.2, 0.25) is 0 Å². The van der Waals surface area contributed by atoms with E-state index in [-0.39, 0.29) is 11.4 Å². The summed E-state index contributed by atoms with van der Waals surface area (Å²) in [5.74, 6) is 0.814. The van der Waals surface area contributed by atoms with E-state index in [2.05, 4.69) is 5.32 Å². The second kappa shape index (κ2) is 4.22. The van der Waals surface area contributed by atoms with Crippen LogP contribution in [0.25, 0.3) is 0 Å². The normalized spacial score (nSPS) is 10.6. The first kappa shape index (κ1) is 10.5. The lowest BCUT2D eigenvalue weighted by Crippen LogP contribution is -2.35. The Morgan fingerprint density at radius 3 is 2.81 bits per heavy atom. The lowest BCUT2D eigenvalue weighted by Gasteiger charge is -2.11. The number of hydrogen-bond acceptors (Lipinski definition) is 5. The fourth-order valence-electron chi connectivity index (χ4n) is 1.40. The third kappa shape index (κ3) is 1.71. The highest BCUT2D eigenvalue weighted by atomic mass is 16.5. The molecule has 16 heavy (non-hydrogen) atoms. The van der Waals surface area contributed by atoms with E-state index in [1.807, 2.05) is 0 Å². The fourth-order valence-corrected chi connectivity index (χ4v) is 1.40. The van der Waals surface area contributed by atoms with Gasteiger partial charge in [0.05, 0.1) is 19.4 Å². The SMILES string of the molecule is CCOc1c(NCc2ccco2)c(=O)c1=O. The van der Waals surface area contributed by atoms with E-state index in [4.69, 9.17) is 9.15 Å². The monoisotopic (exact) mass is 221 g/mol. The van der Waals surface area contributed by atoms with Crippen LogP contribution < -0.4 is 20.9 Å². The van der Waals surface area contributed by atoms with Gasteiger partial charge < -0.3 is 14.5 Å². The van der Waals surface area contributed by atoms with Gasteiger partial charge in [-0.05, 0) is 19.1 Å². The van der Waals surface area contributed by atoms with Crippen molar-refractivity contribution in [2.24, 2.45) is 0 Å². The van der Waals surface area contributed by atoms with Crippen LogP contribution in [0.1, 0.15) is 12.7 Å². The van der Waals surface area contributed by atoms with E-state index in [1.54, 1.807) is 25.3 Å². The summed E-state index contributed by atoms with van der Waals surface area (Å²) in [4.78, 5) is 22.4. The van der Waals surface area contributed by atoms with Crippen LogP contribution in [-0.2, 0) is 6.54 Å². The van der Waals surface area contributed by atoms with Crippen LogP contribution in [0, 0.1) is 0 Å². The summed E-state index contributed by atoms with van der Waals surface area (Å²) < 4.78 is 10.1. The second-order valence-electron chi connectivity index (χ2n) is 3.23. The van der Waals surface area contributed by atoms with Crippen molar-refractivity contribution in [2.75, 3.05) is 11.9 Å². The predicted octanol–water partition coefficient (Wildman–Crippen LogP) is 0.886. The van der Waals surface area contributed by atoms with Crippen molar-refractivity contribution in [1.82, 2.24) is 0 Å². The van der Waals surface area contributed by atoms with E-state index in [0.29, 0.717) is 18.9 Å². The molecule has 1 aromatic heterocycles. The summed E-state index contributed by atoms with van der Waals surface area (Å²) in [5, 5.41) is 2.83. The van der Waals surface area contributed by atoms with Gasteiger partial charge in [-0.2, -0.15) is 0 Å². The van der Waals surface area contributed by atoms with Crippen LogP contribution in [-0.4, -0.2) is 6.61 Å². The van der Waals surface area contributed by atoms with Gasteiger partial charge in [0.1, 0.15) is 11.4 Å². The molecule has 0 aliphatic rings. The first-order valence-electron chi connectivity index (χ1n) is 4.96. The van der Waals surface area contributed by atoms with Crippen LogP contribution in [0.4, 0.5) is 5.69 Å². The molecule has 0 fully saturated rings. The van der Waals surface area contributed by atoms with Gasteiger partial charge in [-0.1, -0.05) is 0 Å². The molecule has 0 unspecified atom stereocenters.